The summed E-state index contributed by atoms with van der Waals surface area (Å²) >= 11 is 0. The van der Waals surface area contributed by atoms with Crippen LogP contribution in [-0.4, -0.2) is 49.1 Å². The van der Waals surface area contributed by atoms with Gasteiger partial charge in [-0.3, -0.25) is 4.21 Å². The number of ether oxygens (including phenoxy) is 1. The first kappa shape index (κ1) is 14.9. The van der Waals surface area contributed by atoms with Gasteiger partial charge in [-0.15, -0.1) is 0 Å². The molecule has 110 valence electrons. The minimum atomic E-state index is -1.29. The summed E-state index contributed by atoms with van der Waals surface area (Å²) in [5.74, 6) is 0. The molecule has 0 saturated carbocycles. The van der Waals surface area contributed by atoms with Crippen molar-refractivity contribution < 1.29 is 13.7 Å². The lowest BCUT2D eigenvalue weighted by molar-refractivity contribution is 0.0295. The Labute approximate surface area is 121 Å². The Kier molecular flexibility index (Phi) is 4.37. The molecule has 2 rings (SSSR count). The van der Waals surface area contributed by atoms with Crippen LogP contribution in [0.25, 0.3) is 0 Å². The summed E-state index contributed by atoms with van der Waals surface area (Å²) in [5.41, 5.74) is -0.517. The summed E-state index contributed by atoms with van der Waals surface area (Å²) < 4.78 is 17.6. The number of nitrogens with zero attached hydrogens (tertiary/aromatic N) is 3. The average molecular weight is 297 g/mol. The Morgan fingerprint density at radius 2 is 2.05 bits per heavy atom. The Morgan fingerprint density at radius 3 is 2.65 bits per heavy atom. The van der Waals surface area contributed by atoms with Gasteiger partial charge in [-0.05, 0) is 33.3 Å². The van der Waals surface area contributed by atoms with E-state index in [0.29, 0.717) is 24.7 Å². The molecule has 1 fully saturated rings. The number of hydrogen-bond donors (Lipinski definition) is 0. The molecule has 2 unspecified atom stereocenters. The van der Waals surface area contributed by atoms with E-state index < -0.39 is 16.4 Å². The molecule has 2 heterocycles. The van der Waals surface area contributed by atoms with Gasteiger partial charge in [0.15, 0.2) is 0 Å². The summed E-state index contributed by atoms with van der Waals surface area (Å²) in [6.45, 7) is 6.45. The normalized spacial score (nSPS) is 20.8. The van der Waals surface area contributed by atoms with Crippen LogP contribution in [0.15, 0.2) is 23.6 Å². The van der Waals surface area contributed by atoms with Gasteiger partial charge in [-0.1, -0.05) is 0 Å². The van der Waals surface area contributed by atoms with Gasteiger partial charge in [0, 0.05) is 25.5 Å². The topological polar surface area (TPSA) is 72.4 Å². The van der Waals surface area contributed by atoms with E-state index in [1.165, 1.54) is 0 Å². The Balaban J connectivity index is 1.96. The number of carbonyl (C=O) groups is 1. The number of aromatic nitrogens is 2. The van der Waals surface area contributed by atoms with E-state index >= 15 is 0 Å². The van der Waals surface area contributed by atoms with Crippen LogP contribution in [0.2, 0.25) is 0 Å². The van der Waals surface area contributed by atoms with Gasteiger partial charge in [0.25, 0.3) is 0 Å². The molecule has 0 bridgehead atoms. The fourth-order valence-electron chi connectivity index (χ4n) is 1.93. The number of hydrogen-bond acceptors (Lipinski definition) is 5. The van der Waals surface area contributed by atoms with Crippen LogP contribution in [0.3, 0.4) is 0 Å². The van der Waals surface area contributed by atoms with E-state index in [1.54, 1.807) is 23.4 Å². The monoisotopic (exact) mass is 297 g/mol. The lowest BCUT2D eigenvalue weighted by Gasteiger charge is -2.24. The second-order valence-electron chi connectivity index (χ2n) is 5.67. The number of amides is 1. The van der Waals surface area contributed by atoms with Crippen LogP contribution < -0.4 is 0 Å². The first-order chi connectivity index (χ1) is 9.37. The highest BCUT2D eigenvalue weighted by Gasteiger charge is 2.34. The SMILES string of the molecule is CC(C)(C)OC(=O)N1CCC(S(=O)c2ncccn2)C1. The molecule has 0 aromatic carbocycles. The van der Waals surface area contributed by atoms with E-state index in [4.69, 9.17) is 4.74 Å². The number of rotatable bonds is 2. The molecule has 0 N–H and O–H groups in total. The fourth-order valence-corrected chi connectivity index (χ4v) is 3.20. The highest BCUT2D eigenvalue weighted by molar-refractivity contribution is 7.85. The zero-order valence-electron chi connectivity index (χ0n) is 11.9. The highest BCUT2D eigenvalue weighted by atomic mass is 32.2. The highest BCUT2D eigenvalue weighted by Crippen LogP contribution is 2.20. The van der Waals surface area contributed by atoms with Gasteiger partial charge in [-0.25, -0.2) is 14.8 Å². The second kappa shape index (κ2) is 5.87. The molecule has 0 radical (unpaired) electrons. The zero-order chi connectivity index (χ0) is 14.8. The van der Waals surface area contributed by atoms with Crippen LogP contribution in [0.4, 0.5) is 4.79 Å². The zero-order valence-corrected chi connectivity index (χ0v) is 12.7. The first-order valence-electron chi connectivity index (χ1n) is 6.52. The molecule has 20 heavy (non-hydrogen) atoms. The van der Waals surface area contributed by atoms with Crippen molar-refractivity contribution >= 4 is 16.9 Å². The minimum absolute atomic E-state index is 0.134. The van der Waals surface area contributed by atoms with Gasteiger partial charge in [0.2, 0.25) is 5.16 Å². The van der Waals surface area contributed by atoms with Crippen LogP contribution >= 0.6 is 0 Å². The predicted molar refractivity (Wildman–Crippen MR) is 74.7 cm³/mol. The third-order valence-electron chi connectivity index (χ3n) is 2.82. The summed E-state index contributed by atoms with van der Waals surface area (Å²) in [6.07, 6.45) is 3.46. The van der Waals surface area contributed by atoms with Crippen molar-refractivity contribution in [1.82, 2.24) is 14.9 Å². The Morgan fingerprint density at radius 1 is 1.40 bits per heavy atom. The molecule has 7 heteroatoms. The molecule has 0 spiro atoms. The number of carbonyl (C=O) groups excluding carboxylic acids is 1. The van der Waals surface area contributed by atoms with E-state index in [9.17, 15) is 9.00 Å². The molecule has 0 aliphatic carbocycles. The Hall–Kier alpha value is -1.50. The van der Waals surface area contributed by atoms with E-state index in [1.807, 2.05) is 20.8 Å². The molecule has 1 aromatic rings. The maximum Gasteiger partial charge on any atom is 0.410 e. The molecule has 2 atom stereocenters. The second-order valence-corrected chi connectivity index (χ2v) is 7.29. The summed E-state index contributed by atoms with van der Waals surface area (Å²) in [6, 6.07) is 1.68. The van der Waals surface area contributed by atoms with Crippen molar-refractivity contribution in [2.75, 3.05) is 13.1 Å². The third-order valence-corrected chi connectivity index (χ3v) is 4.38. The van der Waals surface area contributed by atoms with Gasteiger partial charge in [0.05, 0.1) is 16.0 Å². The maximum absolute atomic E-state index is 12.3. The van der Waals surface area contributed by atoms with Gasteiger partial charge >= 0.3 is 6.09 Å². The van der Waals surface area contributed by atoms with Crippen molar-refractivity contribution in [2.24, 2.45) is 0 Å². The van der Waals surface area contributed by atoms with E-state index in [0.717, 1.165) is 0 Å². The van der Waals surface area contributed by atoms with Crippen molar-refractivity contribution in [1.29, 1.82) is 0 Å². The third kappa shape index (κ3) is 3.75. The smallest absolute Gasteiger partial charge is 0.410 e. The molecule has 1 aliphatic rings. The summed E-state index contributed by atoms with van der Waals surface area (Å²) in [4.78, 5) is 21.5. The molecule has 6 nitrogen and oxygen atoms in total. The van der Waals surface area contributed by atoms with Crippen LogP contribution in [0.1, 0.15) is 27.2 Å². The molecule has 1 amide bonds. The summed E-state index contributed by atoms with van der Waals surface area (Å²) in [5, 5.41) is 0.188. The summed E-state index contributed by atoms with van der Waals surface area (Å²) in [7, 11) is -1.29. The van der Waals surface area contributed by atoms with Crippen molar-refractivity contribution in [3.05, 3.63) is 18.5 Å². The Bertz CT molecular complexity index is 501. The molecule has 1 aromatic heterocycles. The average Bonchev–Trinajstić information content (AvgIpc) is 2.86. The predicted octanol–water partition coefficient (Wildman–Crippen LogP) is 1.59. The van der Waals surface area contributed by atoms with Crippen LogP contribution in [0, 0.1) is 0 Å². The molecular weight excluding hydrogens is 278 g/mol. The van der Waals surface area contributed by atoms with Gasteiger partial charge in [-0.2, -0.15) is 0 Å². The quantitative estimate of drug-likeness (QED) is 0.775. The van der Waals surface area contributed by atoms with Crippen molar-refractivity contribution in [3.63, 3.8) is 0 Å². The van der Waals surface area contributed by atoms with E-state index in [2.05, 4.69) is 9.97 Å². The largest absolute Gasteiger partial charge is 0.444 e. The van der Waals surface area contributed by atoms with E-state index in [-0.39, 0.29) is 11.3 Å². The van der Waals surface area contributed by atoms with Crippen molar-refractivity contribution in [2.45, 2.75) is 43.2 Å². The van der Waals surface area contributed by atoms with Gasteiger partial charge in [0.1, 0.15) is 5.60 Å². The lowest BCUT2D eigenvalue weighted by atomic mass is 10.2. The number of likely N-dealkylation sites (tertiary alicyclic amines) is 1. The standard InChI is InChI=1S/C13H19N3O3S/c1-13(2,3)19-12(17)16-8-5-10(9-16)20(18)11-14-6-4-7-15-11/h4,6-7,10H,5,8-9H2,1-3H3. The fraction of sp³-hybridized carbons (Fsp3) is 0.615. The van der Waals surface area contributed by atoms with Crippen LogP contribution in [-0.2, 0) is 15.5 Å². The maximum atomic E-state index is 12.3. The molecule has 1 saturated heterocycles. The van der Waals surface area contributed by atoms with Gasteiger partial charge < -0.3 is 9.64 Å². The lowest BCUT2D eigenvalue weighted by Crippen LogP contribution is -2.36. The minimum Gasteiger partial charge on any atom is -0.444 e. The van der Waals surface area contributed by atoms with Crippen LogP contribution in [0.5, 0.6) is 0 Å². The first-order valence-corrected chi connectivity index (χ1v) is 7.73. The molecular formula is C13H19N3O3S. The van der Waals surface area contributed by atoms with Crippen molar-refractivity contribution in [3.8, 4) is 0 Å². The molecule has 1 aliphatic heterocycles.